The van der Waals surface area contributed by atoms with Crippen molar-refractivity contribution in [2.75, 3.05) is 13.1 Å². The Kier molecular flexibility index (Phi) is 5.09. The molecule has 0 aliphatic carbocycles. The molecule has 1 atom stereocenters. The lowest BCUT2D eigenvalue weighted by atomic mass is 9.86. The normalized spacial score (nSPS) is 20.4. The summed E-state index contributed by atoms with van der Waals surface area (Å²) in [6.07, 6.45) is 1.21. The van der Waals surface area contributed by atoms with E-state index < -0.39 is 6.04 Å². The Balaban J connectivity index is 2.07. The number of hydrogen-bond acceptors (Lipinski definition) is 3. The predicted molar refractivity (Wildman–Crippen MR) is 88.3 cm³/mol. The van der Waals surface area contributed by atoms with Crippen LogP contribution < -0.4 is 5.32 Å². The Morgan fingerprint density at radius 1 is 1.38 bits per heavy atom. The number of halogens is 1. The molecule has 1 aliphatic heterocycles. The van der Waals surface area contributed by atoms with Crippen molar-refractivity contribution in [3.05, 3.63) is 20.8 Å². The van der Waals surface area contributed by atoms with E-state index >= 15 is 0 Å². The fourth-order valence-corrected chi connectivity index (χ4v) is 3.84. The van der Waals surface area contributed by atoms with E-state index in [1.165, 1.54) is 4.88 Å². The average molecular weight is 373 g/mol. The summed E-state index contributed by atoms with van der Waals surface area (Å²) in [5, 5.41) is 2.87. The molecule has 1 unspecified atom stereocenters. The molecule has 1 saturated heterocycles. The summed E-state index contributed by atoms with van der Waals surface area (Å²) in [6.45, 7) is 7.11. The minimum absolute atomic E-state index is 0.0315. The van der Waals surface area contributed by atoms with Gasteiger partial charge in [0.2, 0.25) is 11.8 Å². The van der Waals surface area contributed by atoms with Crippen molar-refractivity contribution in [1.82, 2.24) is 10.2 Å². The van der Waals surface area contributed by atoms with Crippen LogP contribution in [0.25, 0.3) is 0 Å². The minimum atomic E-state index is -0.442. The monoisotopic (exact) mass is 372 g/mol. The average Bonchev–Trinajstić information content (AvgIpc) is 2.73. The predicted octanol–water partition coefficient (Wildman–Crippen LogP) is 2.82. The van der Waals surface area contributed by atoms with Gasteiger partial charge in [0.05, 0.1) is 3.79 Å². The molecule has 1 N–H and O–H groups in total. The second-order valence-corrected chi connectivity index (χ2v) is 8.95. The van der Waals surface area contributed by atoms with Gasteiger partial charge in [0.15, 0.2) is 0 Å². The zero-order valence-electron chi connectivity index (χ0n) is 12.6. The summed E-state index contributed by atoms with van der Waals surface area (Å²) in [5.74, 6) is -0.00591. The number of carbonyl (C=O) groups excluding carboxylic acids is 2. The first-order valence-electron chi connectivity index (χ1n) is 7.10. The van der Waals surface area contributed by atoms with E-state index in [-0.39, 0.29) is 17.2 Å². The highest BCUT2D eigenvalue weighted by atomic mass is 79.9. The third-order valence-electron chi connectivity index (χ3n) is 3.60. The number of carbonyl (C=O) groups is 2. The second-order valence-electron chi connectivity index (χ2n) is 6.40. The lowest BCUT2D eigenvalue weighted by Crippen LogP contribution is -2.52. The van der Waals surface area contributed by atoms with E-state index in [1.54, 1.807) is 11.3 Å². The molecule has 2 amide bonds. The SMILES string of the molecule is CC(C)(C)C1NC(=O)CCN(CCc2ccc(Br)s2)C1=O. The van der Waals surface area contributed by atoms with Crippen LogP contribution in [0.15, 0.2) is 15.9 Å². The van der Waals surface area contributed by atoms with Crippen LogP contribution in [0.3, 0.4) is 0 Å². The number of nitrogens with zero attached hydrogens (tertiary/aromatic N) is 1. The fourth-order valence-electron chi connectivity index (χ4n) is 2.36. The minimum Gasteiger partial charge on any atom is -0.344 e. The zero-order chi connectivity index (χ0) is 15.6. The molecule has 0 bridgehead atoms. The van der Waals surface area contributed by atoms with Gasteiger partial charge in [0.25, 0.3) is 0 Å². The van der Waals surface area contributed by atoms with Crippen molar-refractivity contribution in [2.45, 2.75) is 39.7 Å². The Bertz CT molecular complexity index is 536. The Hall–Kier alpha value is -0.880. The van der Waals surface area contributed by atoms with Crippen molar-refractivity contribution in [2.24, 2.45) is 5.41 Å². The molecule has 1 aliphatic rings. The molecule has 21 heavy (non-hydrogen) atoms. The van der Waals surface area contributed by atoms with E-state index in [4.69, 9.17) is 0 Å². The van der Waals surface area contributed by atoms with Crippen LogP contribution in [0, 0.1) is 5.41 Å². The first-order chi connectivity index (χ1) is 9.77. The fraction of sp³-hybridized carbons (Fsp3) is 0.600. The molecule has 1 aromatic heterocycles. The van der Waals surface area contributed by atoms with Crippen molar-refractivity contribution < 1.29 is 9.59 Å². The molecule has 1 fully saturated rings. The Labute approximate surface area is 138 Å². The van der Waals surface area contributed by atoms with Crippen LogP contribution in [-0.4, -0.2) is 35.8 Å². The molecule has 0 radical (unpaired) electrons. The van der Waals surface area contributed by atoms with Crippen LogP contribution >= 0.6 is 27.3 Å². The number of amides is 2. The third kappa shape index (κ3) is 4.30. The maximum atomic E-state index is 12.7. The van der Waals surface area contributed by atoms with Gasteiger partial charge < -0.3 is 10.2 Å². The van der Waals surface area contributed by atoms with Gasteiger partial charge in [-0.3, -0.25) is 9.59 Å². The van der Waals surface area contributed by atoms with Gasteiger partial charge in [0.1, 0.15) is 6.04 Å². The first-order valence-corrected chi connectivity index (χ1v) is 8.70. The smallest absolute Gasteiger partial charge is 0.245 e. The molecule has 0 spiro atoms. The maximum Gasteiger partial charge on any atom is 0.245 e. The highest BCUT2D eigenvalue weighted by Gasteiger charge is 2.37. The van der Waals surface area contributed by atoms with Crippen LogP contribution in [-0.2, 0) is 16.0 Å². The zero-order valence-corrected chi connectivity index (χ0v) is 15.0. The Morgan fingerprint density at radius 3 is 2.67 bits per heavy atom. The van der Waals surface area contributed by atoms with Crippen LogP contribution in [0.5, 0.6) is 0 Å². The quantitative estimate of drug-likeness (QED) is 0.886. The summed E-state index contributed by atoms with van der Waals surface area (Å²) < 4.78 is 1.10. The molecule has 2 heterocycles. The molecule has 1 aromatic rings. The van der Waals surface area contributed by atoms with Crippen molar-refractivity contribution in [3.8, 4) is 0 Å². The summed E-state index contributed by atoms with van der Waals surface area (Å²) in [6, 6.07) is 3.65. The topological polar surface area (TPSA) is 49.4 Å². The van der Waals surface area contributed by atoms with Crippen molar-refractivity contribution in [1.29, 1.82) is 0 Å². The molecular formula is C15H21BrN2O2S. The summed E-state index contributed by atoms with van der Waals surface area (Å²) >= 11 is 5.14. The highest BCUT2D eigenvalue weighted by Crippen LogP contribution is 2.25. The van der Waals surface area contributed by atoms with Gasteiger partial charge in [-0.15, -0.1) is 11.3 Å². The van der Waals surface area contributed by atoms with Gasteiger partial charge in [0, 0.05) is 24.4 Å². The molecule has 116 valence electrons. The van der Waals surface area contributed by atoms with E-state index in [0.717, 1.165) is 10.2 Å². The van der Waals surface area contributed by atoms with E-state index in [1.807, 2.05) is 31.7 Å². The number of hydrogen-bond donors (Lipinski definition) is 1. The van der Waals surface area contributed by atoms with Gasteiger partial charge in [-0.2, -0.15) is 0 Å². The van der Waals surface area contributed by atoms with Crippen LogP contribution in [0.4, 0.5) is 0 Å². The number of rotatable bonds is 3. The summed E-state index contributed by atoms with van der Waals surface area (Å²) in [4.78, 5) is 27.5. The molecule has 6 heteroatoms. The lowest BCUT2D eigenvalue weighted by molar-refractivity contribution is -0.136. The maximum absolute atomic E-state index is 12.7. The molecule has 4 nitrogen and oxygen atoms in total. The Morgan fingerprint density at radius 2 is 2.10 bits per heavy atom. The van der Waals surface area contributed by atoms with Gasteiger partial charge >= 0.3 is 0 Å². The van der Waals surface area contributed by atoms with Crippen LogP contribution in [0.1, 0.15) is 32.1 Å². The van der Waals surface area contributed by atoms with Crippen molar-refractivity contribution >= 4 is 39.1 Å². The van der Waals surface area contributed by atoms with Crippen LogP contribution in [0.2, 0.25) is 0 Å². The first kappa shape index (κ1) is 16.5. The van der Waals surface area contributed by atoms with E-state index in [0.29, 0.717) is 19.5 Å². The van der Waals surface area contributed by atoms with Gasteiger partial charge in [-0.1, -0.05) is 20.8 Å². The second kappa shape index (κ2) is 6.48. The highest BCUT2D eigenvalue weighted by molar-refractivity contribution is 9.11. The summed E-state index contributed by atoms with van der Waals surface area (Å²) in [5.41, 5.74) is -0.276. The number of nitrogens with one attached hydrogen (secondary N) is 1. The molecular weight excluding hydrogens is 352 g/mol. The van der Waals surface area contributed by atoms with E-state index in [2.05, 4.69) is 27.3 Å². The lowest BCUT2D eigenvalue weighted by Gasteiger charge is -2.32. The van der Waals surface area contributed by atoms with Gasteiger partial charge in [-0.05, 0) is 39.9 Å². The van der Waals surface area contributed by atoms with Gasteiger partial charge in [-0.25, -0.2) is 0 Å². The molecule has 2 rings (SSSR count). The van der Waals surface area contributed by atoms with E-state index in [9.17, 15) is 9.59 Å². The third-order valence-corrected chi connectivity index (χ3v) is 5.28. The van der Waals surface area contributed by atoms with Crippen molar-refractivity contribution in [3.63, 3.8) is 0 Å². The summed E-state index contributed by atoms with van der Waals surface area (Å²) in [7, 11) is 0. The largest absolute Gasteiger partial charge is 0.344 e. The number of thiophene rings is 1. The molecule has 0 aromatic carbocycles. The molecule has 0 saturated carbocycles. The standard InChI is InChI=1S/C15H21BrN2O2S/c1-15(2,3)13-14(20)18(9-7-12(19)17-13)8-6-10-4-5-11(16)21-10/h4-5,13H,6-9H2,1-3H3,(H,17,19).